The molecule has 0 saturated carbocycles. The molecule has 3 rings (SSSR count). The van der Waals surface area contributed by atoms with E-state index in [9.17, 15) is 0 Å². The number of benzene rings is 2. The maximum absolute atomic E-state index is 8.96. The minimum atomic E-state index is -0.373. The first-order chi connectivity index (χ1) is 17.8. The molecule has 37 heavy (non-hydrogen) atoms. The van der Waals surface area contributed by atoms with Crippen LogP contribution in [-0.4, -0.2) is 37.1 Å². The molecule has 0 spiro atoms. The van der Waals surface area contributed by atoms with E-state index in [4.69, 9.17) is 35.7 Å². The summed E-state index contributed by atoms with van der Waals surface area (Å²) in [5.41, 5.74) is 14.7. The average Bonchev–Trinajstić information content (AvgIpc) is 2.87. The molecule has 1 heterocycles. The fourth-order valence-corrected chi connectivity index (χ4v) is 3.62. The molecule has 0 saturated heterocycles. The second-order valence-corrected chi connectivity index (χ2v) is 9.03. The van der Waals surface area contributed by atoms with Crippen molar-refractivity contribution in [1.82, 2.24) is 9.97 Å². The lowest BCUT2D eigenvalue weighted by Gasteiger charge is -2.24. The van der Waals surface area contributed by atoms with Gasteiger partial charge in [0.05, 0.1) is 24.8 Å². The van der Waals surface area contributed by atoms with Crippen molar-refractivity contribution < 1.29 is 18.9 Å². The molecule has 0 unspecified atom stereocenters. The number of allylic oxidation sites excluding steroid dienone is 1. The fraction of sp³-hybridized carbons (Fsp3) is 0.321. The molecule has 9 nitrogen and oxygen atoms in total. The summed E-state index contributed by atoms with van der Waals surface area (Å²) in [6, 6.07) is 13.6. The van der Waals surface area contributed by atoms with Gasteiger partial charge in [0.25, 0.3) is 0 Å². The van der Waals surface area contributed by atoms with Crippen LogP contribution in [0.25, 0.3) is 11.1 Å². The summed E-state index contributed by atoms with van der Waals surface area (Å²) in [6.07, 6.45) is 5.38. The highest BCUT2D eigenvalue weighted by Gasteiger charge is 2.21. The number of ether oxygens (including phenoxy) is 4. The van der Waals surface area contributed by atoms with E-state index < -0.39 is 0 Å². The Morgan fingerprint density at radius 1 is 1.05 bits per heavy atom. The number of methoxy groups -OCH3 is 1. The van der Waals surface area contributed by atoms with Crippen LogP contribution in [0.1, 0.15) is 31.9 Å². The highest BCUT2D eigenvalue weighted by molar-refractivity contribution is 5.78. The largest absolute Gasteiger partial charge is 0.493 e. The van der Waals surface area contributed by atoms with Gasteiger partial charge in [0.1, 0.15) is 23.1 Å². The van der Waals surface area contributed by atoms with E-state index in [0.717, 1.165) is 22.3 Å². The summed E-state index contributed by atoms with van der Waals surface area (Å²) >= 11 is 0. The summed E-state index contributed by atoms with van der Waals surface area (Å²) in [5, 5.41) is 8.96. The van der Waals surface area contributed by atoms with E-state index in [-0.39, 0.29) is 18.2 Å². The van der Waals surface area contributed by atoms with Crippen molar-refractivity contribution in [3.63, 3.8) is 0 Å². The third-order valence-electron chi connectivity index (χ3n) is 5.43. The lowest BCUT2D eigenvalue weighted by atomic mass is 9.94. The van der Waals surface area contributed by atoms with Crippen molar-refractivity contribution in [2.24, 2.45) is 5.41 Å². The Hall–Kier alpha value is -4.29. The van der Waals surface area contributed by atoms with E-state index in [1.807, 2.05) is 69.3 Å². The molecule has 0 aliphatic rings. The third kappa shape index (κ3) is 7.59. The number of hydrogen-bond acceptors (Lipinski definition) is 9. The second-order valence-electron chi connectivity index (χ2n) is 9.03. The van der Waals surface area contributed by atoms with E-state index in [1.165, 1.54) is 6.08 Å². The Labute approximate surface area is 217 Å². The van der Waals surface area contributed by atoms with Gasteiger partial charge >= 0.3 is 0 Å². The molecule has 2 aromatic carbocycles. The van der Waals surface area contributed by atoms with Gasteiger partial charge in [-0.05, 0) is 42.3 Å². The maximum Gasteiger partial charge on any atom is 0.221 e. The molecule has 3 aromatic rings. The van der Waals surface area contributed by atoms with E-state index in [1.54, 1.807) is 13.3 Å². The van der Waals surface area contributed by atoms with Crippen molar-refractivity contribution in [3.8, 4) is 34.4 Å². The minimum Gasteiger partial charge on any atom is -0.493 e. The van der Waals surface area contributed by atoms with Gasteiger partial charge in [-0.15, -0.1) is 0 Å². The number of hydrogen-bond donors (Lipinski definition) is 2. The predicted octanol–water partition coefficient (Wildman–Crippen LogP) is 4.76. The van der Waals surface area contributed by atoms with Gasteiger partial charge in [0.15, 0.2) is 6.79 Å². The Kier molecular flexibility index (Phi) is 9.30. The predicted molar refractivity (Wildman–Crippen MR) is 143 cm³/mol. The number of rotatable bonds is 12. The molecule has 0 atom stereocenters. The van der Waals surface area contributed by atoms with Crippen LogP contribution < -0.4 is 25.7 Å². The molecule has 4 N–H and O–H groups in total. The van der Waals surface area contributed by atoms with E-state index >= 15 is 0 Å². The number of nitrogen functional groups attached to an aromatic ring is 2. The zero-order valence-corrected chi connectivity index (χ0v) is 21.7. The van der Waals surface area contributed by atoms with Crippen LogP contribution in [0.3, 0.4) is 0 Å². The van der Waals surface area contributed by atoms with Crippen LogP contribution in [0.4, 0.5) is 11.8 Å². The van der Waals surface area contributed by atoms with Crippen LogP contribution in [0, 0.1) is 16.7 Å². The zero-order valence-electron chi connectivity index (χ0n) is 21.7. The molecule has 0 radical (unpaired) electrons. The Balaban J connectivity index is 2.07. The number of aromatic nitrogens is 2. The molecule has 0 amide bonds. The number of nitrogens with zero attached hydrogens (tertiary/aromatic N) is 3. The first-order valence-corrected chi connectivity index (χ1v) is 11.8. The van der Waals surface area contributed by atoms with Crippen LogP contribution in [-0.2, 0) is 11.2 Å². The first-order valence-electron chi connectivity index (χ1n) is 11.8. The van der Waals surface area contributed by atoms with Crippen molar-refractivity contribution >= 4 is 11.8 Å². The van der Waals surface area contributed by atoms with Crippen LogP contribution >= 0.6 is 0 Å². The molecule has 0 bridgehead atoms. The molecule has 1 aromatic heterocycles. The quantitative estimate of drug-likeness (QED) is 0.264. The van der Waals surface area contributed by atoms with Crippen molar-refractivity contribution in [3.05, 3.63) is 65.9 Å². The highest BCUT2D eigenvalue weighted by atomic mass is 16.7. The van der Waals surface area contributed by atoms with Crippen molar-refractivity contribution in [2.75, 3.05) is 38.6 Å². The summed E-state index contributed by atoms with van der Waals surface area (Å²) in [5.74, 6) is 2.44. The Morgan fingerprint density at radius 2 is 1.76 bits per heavy atom. The monoisotopic (exact) mass is 503 g/mol. The van der Waals surface area contributed by atoms with Crippen molar-refractivity contribution in [1.29, 1.82) is 5.26 Å². The van der Waals surface area contributed by atoms with Gasteiger partial charge in [0.2, 0.25) is 5.95 Å². The van der Waals surface area contributed by atoms with Gasteiger partial charge in [-0.25, -0.2) is 4.98 Å². The molecule has 0 fully saturated rings. The molecular formula is C28H33N5O4. The molecular weight excluding hydrogens is 470 g/mol. The number of anilines is 2. The molecule has 9 heteroatoms. The smallest absolute Gasteiger partial charge is 0.221 e. The maximum atomic E-state index is 8.96. The summed E-state index contributed by atoms with van der Waals surface area (Å²) < 4.78 is 23.0. The van der Waals surface area contributed by atoms with Crippen LogP contribution in [0.5, 0.6) is 17.2 Å². The first kappa shape index (κ1) is 27.3. The summed E-state index contributed by atoms with van der Waals surface area (Å²) in [6.45, 7) is 6.91. The number of nitrogens with two attached hydrogens (primary N) is 2. The van der Waals surface area contributed by atoms with Gasteiger partial charge < -0.3 is 30.4 Å². The molecule has 0 aliphatic heterocycles. The van der Waals surface area contributed by atoms with Gasteiger partial charge in [-0.2, -0.15) is 10.2 Å². The lowest BCUT2D eigenvalue weighted by Crippen LogP contribution is -2.19. The number of nitriles is 1. The third-order valence-corrected chi connectivity index (χ3v) is 5.43. The second kappa shape index (κ2) is 12.6. The van der Waals surface area contributed by atoms with Crippen LogP contribution in [0.15, 0.2) is 54.7 Å². The SMILES string of the molecule is CCOc1cc(Cc2cnc(N)nc2N)cc(OCC(C)(C)C=CC#N)c1-c1ccc(OCOC)cc1. The average molecular weight is 504 g/mol. The van der Waals surface area contributed by atoms with E-state index in [2.05, 4.69) is 9.97 Å². The van der Waals surface area contributed by atoms with Crippen LogP contribution in [0.2, 0.25) is 0 Å². The standard InChI is InChI=1S/C28H33N5O4/c1-5-35-23-14-19(13-21-16-32-27(31)33-26(21)30)15-24(36-17-28(2,3)11-6-12-29)25(23)20-7-9-22(10-8-20)37-18-34-4/h6-11,14-16H,5,13,17-18H2,1-4H3,(H4,30,31,32,33). The normalized spacial score (nSPS) is 11.3. The Morgan fingerprint density at radius 3 is 2.38 bits per heavy atom. The van der Waals surface area contributed by atoms with Gasteiger partial charge in [0, 0.05) is 36.8 Å². The molecule has 0 aliphatic carbocycles. The zero-order chi connectivity index (χ0) is 26.8. The van der Waals surface area contributed by atoms with Gasteiger partial charge in [-0.1, -0.05) is 32.1 Å². The summed E-state index contributed by atoms with van der Waals surface area (Å²) in [4.78, 5) is 8.15. The van der Waals surface area contributed by atoms with Crippen molar-refractivity contribution in [2.45, 2.75) is 27.2 Å². The highest BCUT2D eigenvalue weighted by Crippen LogP contribution is 2.42. The molecule has 194 valence electrons. The minimum absolute atomic E-state index is 0.126. The lowest BCUT2D eigenvalue weighted by molar-refractivity contribution is 0.0511. The fourth-order valence-electron chi connectivity index (χ4n) is 3.62. The topological polar surface area (TPSA) is 139 Å². The summed E-state index contributed by atoms with van der Waals surface area (Å²) in [7, 11) is 1.57. The Bertz CT molecular complexity index is 1270. The van der Waals surface area contributed by atoms with Gasteiger partial charge in [-0.3, -0.25) is 0 Å². The van der Waals surface area contributed by atoms with E-state index in [0.29, 0.717) is 42.7 Å².